The number of imidazole rings is 1. The maximum absolute atomic E-state index is 6.17. The van der Waals surface area contributed by atoms with Gasteiger partial charge in [0.1, 0.15) is 23.9 Å². The lowest BCUT2D eigenvalue weighted by atomic mass is 9.96. The van der Waals surface area contributed by atoms with E-state index in [9.17, 15) is 0 Å². The summed E-state index contributed by atoms with van der Waals surface area (Å²) in [7, 11) is 0. The molecule has 0 fully saturated rings. The summed E-state index contributed by atoms with van der Waals surface area (Å²) >= 11 is 6.17. The first-order valence-corrected chi connectivity index (χ1v) is 11.6. The van der Waals surface area contributed by atoms with E-state index in [1.807, 2.05) is 24.3 Å². The molecular formula is C26H26ClN3O2. The van der Waals surface area contributed by atoms with Gasteiger partial charge < -0.3 is 14.0 Å². The Morgan fingerprint density at radius 2 is 2.00 bits per heavy atom. The standard InChI is InChI=1S/C26H26ClN3O2/c1-17-23-14-29(13-18-10-20-12-22(27)6-7-25(20)31-15-18)8-9-30(23)26(28-17)21-11-19-4-2-3-5-24(19)32-16-21/h2-7,10,12,21H,8-9,11,13-16H2,1H3. The topological polar surface area (TPSA) is 39.5 Å². The summed E-state index contributed by atoms with van der Waals surface area (Å²) < 4.78 is 14.4. The highest BCUT2D eigenvalue weighted by atomic mass is 35.5. The zero-order valence-electron chi connectivity index (χ0n) is 18.2. The molecule has 1 aromatic heterocycles. The Labute approximate surface area is 193 Å². The van der Waals surface area contributed by atoms with Gasteiger partial charge in [0, 0.05) is 36.8 Å². The quantitative estimate of drug-likeness (QED) is 0.575. The number of benzene rings is 2. The van der Waals surface area contributed by atoms with Crippen molar-refractivity contribution in [3.05, 3.63) is 81.4 Å². The fourth-order valence-electron chi connectivity index (χ4n) is 5.13. The Hall–Kier alpha value is -2.76. The molecule has 0 radical (unpaired) electrons. The molecule has 3 aliphatic rings. The number of para-hydroxylation sites is 1. The SMILES string of the molecule is Cc1nc(C2COc3ccccc3C2)n2c1CN(CC1=Cc3cc(Cl)ccc3OC1)CC2. The maximum Gasteiger partial charge on any atom is 0.127 e. The number of hydrogen-bond donors (Lipinski definition) is 0. The van der Waals surface area contributed by atoms with Crippen molar-refractivity contribution < 1.29 is 9.47 Å². The number of halogens is 1. The second kappa shape index (κ2) is 7.98. The minimum atomic E-state index is 0.305. The first-order chi connectivity index (χ1) is 15.6. The summed E-state index contributed by atoms with van der Waals surface area (Å²) in [6.45, 7) is 7.22. The lowest BCUT2D eigenvalue weighted by Crippen LogP contribution is -2.37. The van der Waals surface area contributed by atoms with Gasteiger partial charge in [-0.05, 0) is 54.8 Å². The summed E-state index contributed by atoms with van der Waals surface area (Å²) in [5.74, 6) is 3.41. The molecule has 5 nitrogen and oxygen atoms in total. The molecule has 4 heterocycles. The normalized spacial score (nSPS) is 19.8. The Morgan fingerprint density at radius 1 is 1.09 bits per heavy atom. The lowest BCUT2D eigenvalue weighted by molar-refractivity contribution is 0.217. The van der Waals surface area contributed by atoms with E-state index in [1.54, 1.807) is 0 Å². The highest BCUT2D eigenvalue weighted by Gasteiger charge is 2.30. The van der Waals surface area contributed by atoms with Crippen molar-refractivity contribution in [2.45, 2.75) is 32.4 Å². The van der Waals surface area contributed by atoms with E-state index in [0.29, 0.717) is 19.1 Å². The Bertz CT molecular complexity index is 1220. The van der Waals surface area contributed by atoms with Crippen LogP contribution in [0.1, 0.15) is 34.3 Å². The van der Waals surface area contributed by atoms with E-state index in [2.05, 4.69) is 40.7 Å². The molecule has 0 amide bonds. The van der Waals surface area contributed by atoms with Crippen LogP contribution in [0.4, 0.5) is 0 Å². The molecule has 1 atom stereocenters. The number of ether oxygens (including phenoxy) is 2. The first kappa shape index (κ1) is 19.9. The molecule has 0 bridgehead atoms. The third kappa shape index (κ3) is 3.59. The zero-order valence-corrected chi connectivity index (χ0v) is 18.9. The van der Waals surface area contributed by atoms with Crippen molar-refractivity contribution in [3.63, 3.8) is 0 Å². The van der Waals surface area contributed by atoms with E-state index >= 15 is 0 Å². The summed E-state index contributed by atoms with van der Waals surface area (Å²) in [4.78, 5) is 7.50. The van der Waals surface area contributed by atoms with Gasteiger partial charge in [0.15, 0.2) is 0 Å². The largest absolute Gasteiger partial charge is 0.493 e. The minimum absolute atomic E-state index is 0.305. The minimum Gasteiger partial charge on any atom is -0.493 e. The molecule has 0 aliphatic carbocycles. The van der Waals surface area contributed by atoms with Crippen LogP contribution in [-0.2, 0) is 19.5 Å². The average Bonchev–Trinajstić information content (AvgIpc) is 3.14. The molecule has 3 aromatic rings. The van der Waals surface area contributed by atoms with Gasteiger partial charge in [-0.1, -0.05) is 29.8 Å². The smallest absolute Gasteiger partial charge is 0.127 e. The summed E-state index contributed by atoms with van der Waals surface area (Å²) in [5, 5.41) is 0.740. The van der Waals surface area contributed by atoms with Gasteiger partial charge in [-0.2, -0.15) is 0 Å². The van der Waals surface area contributed by atoms with Crippen LogP contribution in [0.15, 0.2) is 48.0 Å². The molecule has 2 aromatic carbocycles. The number of fused-ring (bicyclic) bond motifs is 3. The van der Waals surface area contributed by atoms with Crippen LogP contribution in [0.3, 0.4) is 0 Å². The molecule has 0 saturated carbocycles. The van der Waals surface area contributed by atoms with Crippen molar-refractivity contribution in [1.29, 1.82) is 0 Å². The molecule has 0 spiro atoms. The van der Waals surface area contributed by atoms with Gasteiger partial charge >= 0.3 is 0 Å². The molecule has 164 valence electrons. The predicted octanol–water partition coefficient (Wildman–Crippen LogP) is 4.86. The third-order valence-electron chi connectivity index (χ3n) is 6.73. The van der Waals surface area contributed by atoms with Crippen LogP contribution in [0.25, 0.3) is 6.08 Å². The van der Waals surface area contributed by atoms with Gasteiger partial charge in [0.05, 0.1) is 23.9 Å². The molecule has 6 heteroatoms. The third-order valence-corrected chi connectivity index (χ3v) is 6.97. The highest BCUT2D eigenvalue weighted by Crippen LogP contribution is 2.34. The molecular weight excluding hydrogens is 422 g/mol. The van der Waals surface area contributed by atoms with E-state index in [0.717, 1.165) is 60.4 Å². The number of aromatic nitrogens is 2. The van der Waals surface area contributed by atoms with Gasteiger partial charge in [0.25, 0.3) is 0 Å². The Morgan fingerprint density at radius 3 is 2.94 bits per heavy atom. The van der Waals surface area contributed by atoms with Gasteiger partial charge in [-0.15, -0.1) is 0 Å². The summed E-state index contributed by atoms with van der Waals surface area (Å²) in [6, 6.07) is 14.2. The van der Waals surface area contributed by atoms with Crippen molar-refractivity contribution >= 4 is 17.7 Å². The van der Waals surface area contributed by atoms with Crippen LogP contribution in [0, 0.1) is 6.92 Å². The fourth-order valence-corrected chi connectivity index (χ4v) is 5.31. The van der Waals surface area contributed by atoms with Crippen LogP contribution < -0.4 is 9.47 Å². The van der Waals surface area contributed by atoms with E-state index < -0.39 is 0 Å². The van der Waals surface area contributed by atoms with Crippen molar-refractivity contribution in [2.24, 2.45) is 0 Å². The van der Waals surface area contributed by atoms with Crippen LogP contribution >= 0.6 is 11.6 Å². The number of rotatable bonds is 3. The second-order valence-corrected chi connectivity index (χ2v) is 9.39. The van der Waals surface area contributed by atoms with E-state index in [4.69, 9.17) is 26.1 Å². The maximum atomic E-state index is 6.17. The van der Waals surface area contributed by atoms with Gasteiger partial charge in [0.2, 0.25) is 0 Å². The Kier molecular flexibility index (Phi) is 4.96. The molecule has 32 heavy (non-hydrogen) atoms. The number of nitrogens with zero attached hydrogens (tertiary/aromatic N) is 3. The molecule has 3 aliphatic heterocycles. The lowest BCUT2D eigenvalue weighted by Gasteiger charge is -2.32. The summed E-state index contributed by atoms with van der Waals surface area (Å²) in [5.41, 5.74) is 6.08. The number of hydrogen-bond acceptors (Lipinski definition) is 4. The average molecular weight is 448 g/mol. The summed E-state index contributed by atoms with van der Waals surface area (Å²) in [6.07, 6.45) is 3.22. The predicted molar refractivity (Wildman–Crippen MR) is 126 cm³/mol. The van der Waals surface area contributed by atoms with E-state index in [1.165, 1.54) is 22.7 Å². The van der Waals surface area contributed by atoms with Crippen molar-refractivity contribution in [3.8, 4) is 11.5 Å². The Balaban J connectivity index is 1.20. The molecule has 1 unspecified atom stereocenters. The molecule has 0 N–H and O–H groups in total. The monoisotopic (exact) mass is 447 g/mol. The van der Waals surface area contributed by atoms with Crippen molar-refractivity contribution in [1.82, 2.24) is 14.5 Å². The van der Waals surface area contributed by atoms with Crippen LogP contribution in [-0.4, -0.2) is 40.8 Å². The number of aryl methyl sites for hydroxylation is 1. The van der Waals surface area contributed by atoms with Gasteiger partial charge in [-0.3, -0.25) is 4.90 Å². The van der Waals surface area contributed by atoms with Crippen LogP contribution in [0.2, 0.25) is 5.02 Å². The van der Waals surface area contributed by atoms with E-state index in [-0.39, 0.29) is 0 Å². The zero-order chi connectivity index (χ0) is 21.7. The fraction of sp³-hybridized carbons (Fsp3) is 0.346. The van der Waals surface area contributed by atoms with Crippen molar-refractivity contribution in [2.75, 3.05) is 26.3 Å². The first-order valence-electron chi connectivity index (χ1n) is 11.2. The highest BCUT2D eigenvalue weighted by molar-refractivity contribution is 6.30. The van der Waals surface area contributed by atoms with Gasteiger partial charge in [-0.25, -0.2) is 4.98 Å². The molecule has 6 rings (SSSR count). The second-order valence-electron chi connectivity index (χ2n) is 8.96. The molecule has 0 saturated heterocycles. The van der Waals surface area contributed by atoms with Crippen LogP contribution in [0.5, 0.6) is 11.5 Å².